The zero-order chi connectivity index (χ0) is 99.7. The summed E-state index contributed by atoms with van der Waals surface area (Å²) in [5, 5.41) is 6.80. The summed E-state index contributed by atoms with van der Waals surface area (Å²) < 4.78 is 29.7. The molecule has 704 valence electrons. The van der Waals surface area contributed by atoms with Crippen molar-refractivity contribution < 1.29 is 66.9 Å². The highest BCUT2D eigenvalue weighted by Crippen LogP contribution is 2.59. The average molecular weight is 1850 g/mol. The third kappa shape index (κ3) is 19.6. The fourth-order valence-electron chi connectivity index (χ4n) is 16.8. The molecular formula is C114H114N10O14. The maximum Gasteiger partial charge on any atom is 0.262 e. The molecule has 0 bridgehead atoms. The van der Waals surface area contributed by atoms with Crippen LogP contribution in [0.15, 0.2) is 243 Å². The molecule has 0 saturated heterocycles. The van der Waals surface area contributed by atoms with Gasteiger partial charge >= 0.3 is 0 Å². The number of benzene rings is 9. The number of ether oxygens (including phenoxy) is 4. The van der Waals surface area contributed by atoms with Gasteiger partial charge in [-0.3, -0.25) is 57.7 Å². The molecule has 15 rings (SSSR count). The lowest BCUT2D eigenvalue weighted by atomic mass is 9.80. The predicted molar refractivity (Wildman–Crippen MR) is 541 cm³/mol. The number of allylic oxidation sites excluding steroid dienone is 2. The quantitative estimate of drug-likeness (QED) is 0.0183. The number of carbonyl (C=O) groups is 10. The molecule has 0 atom stereocenters. The molecule has 138 heavy (non-hydrogen) atoms. The highest BCUT2D eigenvalue weighted by atomic mass is 16.5. The second-order valence-electron chi connectivity index (χ2n) is 40.7. The number of carbonyl (C=O) groups excluding carboxylic acids is 10. The third-order valence-electron chi connectivity index (χ3n) is 25.3. The fraction of sp³-hybridized carbons (Fsp3) is 0.281. The van der Waals surface area contributed by atoms with Gasteiger partial charge in [-0.1, -0.05) is 213 Å². The summed E-state index contributed by atoms with van der Waals surface area (Å²) in [6.07, 6.45) is 5.33. The van der Waals surface area contributed by atoms with Crippen molar-refractivity contribution >= 4 is 137 Å². The molecule has 2 aliphatic heterocycles. The van der Waals surface area contributed by atoms with Crippen LogP contribution in [0.5, 0.6) is 46.0 Å². The van der Waals surface area contributed by atoms with E-state index in [0.717, 1.165) is 41.9 Å². The van der Waals surface area contributed by atoms with Crippen molar-refractivity contribution in [1.29, 1.82) is 0 Å². The molecule has 24 nitrogen and oxygen atoms in total. The second kappa shape index (κ2) is 37.7. The summed E-state index contributed by atoms with van der Waals surface area (Å²) in [6.45, 7) is 53.7. The fourth-order valence-corrected chi connectivity index (χ4v) is 16.8. The van der Waals surface area contributed by atoms with Crippen molar-refractivity contribution in [1.82, 2.24) is 29.7 Å². The Labute approximate surface area is 803 Å². The Bertz CT molecular complexity index is 6410. The van der Waals surface area contributed by atoms with E-state index in [-0.39, 0.29) is 227 Å². The number of hydrogen-bond donors (Lipinski definition) is 2. The van der Waals surface area contributed by atoms with Crippen LogP contribution in [0.3, 0.4) is 0 Å². The van der Waals surface area contributed by atoms with Crippen molar-refractivity contribution in [3.05, 3.63) is 299 Å². The molecular weight excluding hydrogens is 1730 g/mol. The van der Waals surface area contributed by atoms with Crippen LogP contribution in [-0.4, -0.2) is 102 Å². The number of ketones is 2. The van der Waals surface area contributed by atoms with Crippen LogP contribution in [0.2, 0.25) is 0 Å². The lowest BCUT2D eigenvalue weighted by Gasteiger charge is -2.33. The topological polar surface area (TPSA) is 296 Å². The minimum absolute atomic E-state index is 0.0357. The van der Waals surface area contributed by atoms with E-state index in [2.05, 4.69) is 130 Å². The van der Waals surface area contributed by atoms with E-state index < -0.39 is 60.3 Å². The molecule has 24 heteroatoms. The Morgan fingerprint density at radius 1 is 0.319 bits per heavy atom. The molecule has 13 aromatic rings. The number of fused-ring (bicyclic) bond motifs is 2. The number of nitrogens with zero attached hydrogens (tertiary/aromatic N) is 8. The number of Topliss-reactive ketones (excluding diaryl/α,β-unsaturated/α-hetero) is 2. The zero-order valence-corrected chi connectivity index (χ0v) is 81.7. The molecule has 9 aromatic carbocycles. The summed E-state index contributed by atoms with van der Waals surface area (Å²) in [5.74, 6) is -7.57. The normalized spacial score (nSPS) is 12.9. The van der Waals surface area contributed by atoms with Gasteiger partial charge in [-0.05, 0) is 199 Å². The monoisotopic (exact) mass is 1850 g/mol. The van der Waals surface area contributed by atoms with Crippen LogP contribution in [0.4, 0.5) is 34.6 Å². The van der Waals surface area contributed by atoms with Crippen LogP contribution in [0.1, 0.15) is 213 Å². The van der Waals surface area contributed by atoms with Crippen LogP contribution in [-0.2, 0) is 63.3 Å². The van der Waals surface area contributed by atoms with Gasteiger partial charge in [-0.25, -0.2) is 29.7 Å². The largest absolute Gasteiger partial charge is 0.457 e. The highest BCUT2D eigenvalue weighted by Gasteiger charge is 2.45. The van der Waals surface area contributed by atoms with Crippen LogP contribution >= 0.6 is 0 Å². The molecule has 8 amide bonds. The van der Waals surface area contributed by atoms with E-state index in [1.807, 2.05) is 104 Å². The third-order valence-corrected chi connectivity index (χ3v) is 25.3. The van der Waals surface area contributed by atoms with E-state index in [9.17, 15) is 19.2 Å². The minimum atomic E-state index is -1.01. The van der Waals surface area contributed by atoms with Gasteiger partial charge in [0.1, 0.15) is 82.4 Å². The van der Waals surface area contributed by atoms with Gasteiger partial charge < -0.3 is 29.6 Å². The summed E-state index contributed by atoms with van der Waals surface area (Å²) in [6, 6.07) is 47.9. The lowest BCUT2D eigenvalue weighted by Crippen LogP contribution is -2.47. The number of anilines is 6. The average Bonchev–Trinajstić information content (AvgIpc) is 0.669. The first kappa shape index (κ1) is 97.1. The molecule has 2 N–H and O–H groups in total. The van der Waals surface area contributed by atoms with Crippen molar-refractivity contribution in [2.75, 3.05) is 33.5 Å². The second-order valence-corrected chi connectivity index (χ2v) is 40.7. The standard InChI is InChI=1S/C114H114N10O14/c1-61(2)65(9)85(125)49-69-41-45-115-91(51-69)123(92-52-70(42-46-116-92)50-86(126)66(10)62(3)4)95(127)59-121-107(131)81-55-87(135-77-33-25-71(26-34-77)111(13,14)15)99-101-89(137-79-37-29-73(30-38-79)113(19,20)21)57-83-98-84(110(134)122(109(83)133)60-96(128)124(93-53-75(43-47-117-93)119-105(129)67(11)63(5)6)94-54-76(44-48-118-94)120-106(130)68(12)64(7)8)58-90(138-80-39-31-74(32-40-80)114(22,23)24)102(104(98)101)100-88(56-82(108(121)132)97(81)103(99)100)136-78-35-27-72(28-36-78)112(16,17)18/h25-48,51-58,61-64H,9-12,49-50,59-60H2,1-8,13-24H3,(H,117,119,129)(H,118,120,130). The van der Waals surface area contributed by atoms with E-state index in [1.165, 1.54) is 73.3 Å². The van der Waals surface area contributed by atoms with Crippen molar-refractivity contribution in [2.45, 2.75) is 173 Å². The first-order chi connectivity index (χ1) is 65.0. The molecule has 4 aromatic heterocycles. The van der Waals surface area contributed by atoms with Crippen molar-refractivity contribution in [3.63, 3.8) is 0 Å². The van der Waals surface area contributed by atoms with Gasteiger partial charge in [0, 0.05) is 115 Å². The number of amides is 8. The molecule has 0 aliphatic carbocycles. The zero-order valence-electron chi connectivity index (χ0n) is 81.7. The summed E-state index contributed by atoms with van der Waals surface area (Å²) in [4.78, 5) is 178. The molecule has 0 fully saturated rings. The van der Waals surface area contributed by atoms with E-state index >= 15 is 28.8 Å². The summed E-state index contributed by atoms with van der Waals surface area (Å²) >= 11 is 0. The number of nitrogens with one attached hydrogen (secondary N) is 2. The Kier molecular flexibility index (Phi) is 26.5. The molecule has 0 saturated carbocycles. The van der Waals surface area contributed by atoms with Gasteiger partial charge in [-0.2, -0.15) is 0 Å². The smallest absolute Gasteiger partial charge is 0.262 e. The number of imide groups is 2. The van der Waals surface area contributed by atoms with Gasteiger partial charge in [-0.15, -0.1) is 0 Å². The number of hydrogen-bond acceptors (Lipinski definition) is 18. The maximum atomic E-state index is 16.9. The van der Waals surface area contributed by atoms with Crippen LogP contribution in [0.25, 0.3) is 43.1 Å². The Morgan fingerprint density at radius 2 is 0.558 bits per heavy atom. The van der Waals surface area contributed by atoms with Crippen molar-refractivity contribution in [3.8, 4) is 46.0 Å². The molecule has 0 radical (unpaired) electrons. The number of aromatic nitrogens is 4. The predicted octanol–water partition coefficient (Wildman–Crippen LogP) is 24.5. The van der Waals surface area contributed by atoms with Gasteiger partial charge in [0.15, 0.2) is 11.6 Å². The Balaban J connectivity index is 1.02. The molecule has 2 aliphatic rings. The molecule has 6 heterocycles. The first-order valence-electron chi connectivity index (χ1n) is 46.2. The Morgan fingerprint density at radius 3 is 0.797 bits per heavy atom. The van der Waals surface area contributed by atoms with E-state index in [4.69, 9.17) is 28.9 Å². The van der Waals surface area contributed by atoms with Gasteiger partial charge in [0.2, 0.25) is 0 Å². The van der Waals surface area contributed by atoms with E-state index in [1.54, 1.807) is 72.8 Å². The minimum Gasteiger partial charge on any atom is -0.457 e. The Hall–Kier alpha value is -15.5. The van der Waals surface area contributed by atoms with Crippen LogP contribution in [0, 0.1) is 23.7 Å². The van der Waals surface area contributed by atoms with E-state index in [0.29, 0.717) is 22.3 Å². The van der Waals surface area contributed by atoms with Gasteiger partial charge in [0.05, 0.1) is 22.3 Å². The molecule has 0 unspecified atom stereocenters. The maximum absolute atomic E-state index is 16.9. The SMILES string of the molecule is C=C(C(=O)Cc1ccnc(N(C(=O)CN2C(=O)c3cc(Oc4ccc(C(C)(C)C)cc4)c4c5c(Oc6ccc(C(C)(C)C)cc6)cc6c7c(cc(Oc8ccc(C(C)(C)C)cc8)c(c8c(Oc9ccc(C(C)(C)C)cc9)cc(c3c48)C2=O)c75)C(=O)N(CC(=O)N(c2cc(NC(=O)C(=C)C(C)C)ccn2)c2cc(NC(=O)C(=C)C(C)C)ccn2)C6=O)c2cc(CC(=O)C(=C)C(C)C)ccn2)c1)C(C)C. The number of pyridine rings is 4. The first-order valence-corrected chi connectivity index (χ1v) is 46.2. The highest BCUT2D eigenvalue weighted by molar-refractivity contribution is 6.45. The van der Waals surface area contributed by atoms with Crippen molar-refractivity contribution in [2.24, 2.45) is 23.7 Å². The summed E-state index contributed by atoms with van der Waals surface area (Å²) in [5.41, 5.74) is 4.33. The lowest BCUT2D eigenvalue weighted by molar-refractivity contribution is -0.119. The van der Waals surface area contributed by atoms with Gasteiger partial charge in [0.25, 0.3) is 47.3 Å². The molecule has 0 spiro atoms. The van der Waals surface area contributed by atoms with Crippen LogP contribution < -0.4 is 39.4 Å². The summed E-state index contributed by atoms with van der Waals surface area (Å²) in [7, 11) is 0. The number of rotatable bonds is 30.